The molecule has 232 valence electrons. The zero-order valence-electron chi connectivity index (χ0n) is 25.9. The van der Waals surface area contributed by atoms with Crippen LogP contribution in [-0.4, -0.2) is 56.6 Å². The molecule has 10 heteroatoms. The molecule has 0 spiro atoms. The lowest BCUT2D eigenvalue weighted by Gasteiger charge is -2.41. The van der Waals surface area contributed by atoms with Crippen molar-refractivity contribution in [2.45, 2.75) is 84.4 Å². The highest BCUT2D eigenvalue weighted by atomic mass is 19.1. The van der Waals surface area contributed by atoms with E-state index in [1.807, 2.05) is 26.8 Å². The van der Waals surface area contributed by atoms with Gasteiger partial charge in [0, 0.05) is 24.8 Å². The first-order valence-electron chi connectivity index (χ1n) is 14.6. The van der Waals surface area contributed by atoms with E-state index in [-0.39, 0.29) is 24.6 Å². The number of allylic oxidation sites excluding steroid dienone is 1. The fraction of sp³-hybridized carbons (Fsp3) is 0.485. The number of ether oxygens (including phenoxy) is 3. The molecule has 1 aliphatic heterocycles. The summed E-state index contributed by atoms with van der Waals surface area (Å²) in [7, 11) is 0. The van der Waals surface area contributed by atoms with Gasteiger partial charge in [-0.3, -0.25) is 0 Å². The van der Waals surface area contributed by atoms with Crippen molar-refractivity contribution < 1.29 is 28.5 Å². The largest absolute Gasteiger partial charge is 0.479 e. The second-order valence-electron chi connectivity index (χ2n) is 12.2. The van der Waals surface area contributed by atoms with Crippen LogP contribution < -0.4 is 4.90 Å². The maximum Gasteiger partial charge on any atom is 0.337 e. The number of aromatic nitrogens is 3. The predicted molar refractivity (Wildman–Crippen MR) is 164 cm³/mol. The van der Waals surface area contributed by atoms with E-state index in [0.29, 0.717) is 54.5 Å². The molecule has 0 amide bonds. The van der Waals surface area contributed by atoms with Gasteiger partial charge in [0.25, 0.3) is 0 Å². The predicted octanol–water partition coefficient (Wildman–Crippen LogP) is 6.12. The third-order valence-electron chi connectivity index (χ3n) is 7.52. The number of aliphatic carboxylic acids is 1. The molecule has 1 aliphatic rings. The number of fused-ring (bicyclic) bond motifs is 1. The number of aryl methyl sites for hydroxylation is 1. The summed E-state index contributed by atoms with van der Waals surface area (Å²) in [6.45, 7) is 19.1. The maximum atomic E-state index is 13.8. The highest BCUT2D eigenvalue weighted by molar-refractivity contribution is 5.78. The fourth-order valence-electron chi connectivity index (χ4n) is 5.37. The van der Waals surface area contributed by atoms with Crippen LogP contribution in [0.2, 0.25) is 0 Å². The van der Waals surface area contributed by atoms with Crippen molar-refractivity contribution in [1.82, 2.24) is 14.6 Å². The Balaban J connectivity index is 1.70. The molecule has 0 radical (unpaired) electrons. The quantitative estimate of drug-likeness (QED) is 0.236. The smallest absolute Gasteiger partial charge is 0.337 e. The number of piperidine rings is 1. The van der Waals surface area contributed by atoms with Crippen LogP contribution in [0.15, 0.2) is 49.6 Å². The summed E-state index contributed by atoms with van der Waals surface area (Å²) >= 11 is 0. The zero-order valence-corrected chi connectivity index (χ0v) is 25.9. The molecule has 3 aromatic rings. The van der Waals surface area contributed by atoms with Crippen LogP contribution in [0.4, 0.5) is 10.2 Å². The second kappa shape index (κ2) is 13.4. The SMILES string of the molecule is C=CCOC1(C)CCN(c2c(C(OC(C)(C)C)C(=O)O)c(C)nc3cc(COCc4ccc(F)cc4CC=C)nn23)CC1. The molecular formula is C33H43FN4O5. The van der Waals surface area contributed by atoms with E-state index in [1.165, 1.54) is 12.1 Å². The summed E-state index contributed by atoms with van der Waals surface area (Å²) in [5.41, 5.74) is 2.92. The Labute approximate surface area is 253 Å². The first-order chi connectivity index (χ1) is 20.3. The Morgan fingerprint density at radius 1 is 1.16 bits per heavy atom. The molecule has 1 unspecified atom stereocenters. The Morgan fingerprint density at radius 3 is 2.51 bits per heavy atom. The van der Waals surface area contributed by atoms with E-state index >= 15 is 0 Å². The van der Waals surface area contributed by atoms with Crippen molar-refractivity contribution in [3.63, 3.8) is 0 Å². The molecule has 9 nitrogen and oxygen atoms in total. The standard InChI is InChI=1S/C33H43FN4O5/c1-8-10-23-18-25(34)12-11-24(23)20-41-21-26-19-27-35-22(3)28(29(31(39)40)43-32(4,5)6)30(38(27)36-26)37-15-13-33(7,14-16-37)42-17-9-2/h8-9,11-12,18-19,29H,1-2,10,13-17,20-21H2,3-7H3,(H,39,40). The third-order valence-corrected chi connectivity index (χ3v) is 7.52. The molecule has 1 N–H and O–H groups in total. The number of halogens is 1. The fourth-order valence-corrected chi connectivity index (χ4v) is 5.37. The molecule has 1 saturated heterocycles. The van der Waals surface area contributed by atoms with Gasteiger partial charge in [-0.15, -0.1) is 13.2 Å². The Bertz CT molecular complexity index is 1470. The molecule has 1 aromatic carbocycles. The van der Waals surface area contributed by atoms with E-state index in [9.17, 15) is 14.3 Å². The van der Waals surface area contributed by atoms with Crippen molar-refractivity contribution in [1.29, 1.82) is 0 Å². The lowest BCUT2D eigenvalue weighted by atomic mass is 9.92. The summed E-state index contributed by atoms with van der Waals surface area (Å²) in [6.07, 6.45) is 4.25. The Kier molecular flexibility index (Phi) is 10.0. The molecular weight excluding hydrogens is 551 g/mol. The van der Waals surface area contributed by atoms with Gasteiger partial charge < -0.3 is 24.2 Å². The minimum atomic E-state index is -1.25. The van der Waals surface area contributed by atoms with Gasteiger partial charge in [0.2, 0.25) is 0 Å². The third kappa shape index (κ3) is 7.87. The summed E-state index contributed by atoms with van der Waals surface area (Å²) in [6, 6.07) is 6.48. The normalized spacial score (nSPS) is 15.9. The number of carbonyl (C=O) groups is 1. The average Bonchev–Trinajstić information content (AvgIpc) is 3.33. The monoisotopic (exact) mass is 594 g/mol. The molecule has 1 fully saturated rings. The first-order valence-corrected chi connectivity index (χ1v) is 14.6. The van der Waals surface area contributed by atoms with Crippen LogP contribution >= 0.6 is 0 Å². The van der Waals surface area contributed by atoms with E-state index in [2.05, 4.69) is 25.0 Å². The molecule has 3 heterocycles. The molecule has 43 heavy (non-hydrogen) atoms. The Morgan fingerprint density at radius 2 is 1.88 bits per heavy atom. The first kappa shape index (κ1) is 32.3. The minimum absolute atomic E-state index is 0.191. The van der Waals surface area contributed by atoms with Crippen molar-refractivity contribution in [2.24, 2.45) is 0 Å². The molecule has 2 aromatic heterocycles. The molecule has 0 aliphatic carbocycles. The number of hydrogen-bond donors (Lipinski definition) is 1. The van der Waals surface area contributed by atoms with Crippen molar-refractivity contribution in [3.05, 3.63) is 83.5 Å². The van der Waals surface area contributed by atoms with E-state index < -0.39 is 17.7 Å². The van der Waals surface area contributed by atoms with Crippen molar-refractivity contribution in [3.8, 4) is 0 Å². The van der Waals surface area contributed by atoms with Crippen molar-refractivity contribution >= 4 is 17.4 Å². The zero-order chi connectivity index (χ0) is 31.4. The number of carboxylic acids is 1. The van der Waals surface area contributed by atoms with Crippen LogP contribution in [0.5, 0.6) is 0 Å². The molecule has 4 rings (SSSR count). The van der Waals surface area contributed by atoms with Crippen molar-refractivity contribution in [2.75, 3.05) is 24.6 Å². The summed E-state index contributed by atoms with van der Waals surface area (Å²) in [5, 5.41) is 15.2. The van der Waals surface area contributed by atoms with Crippen LogP contribution in [0.25, 0.3) is 5.65 Å². The van der Waals surface area contributed by atoms with Gasteiger partial charge in [-0.25, -0.2) is 14.2 Å². The van der Waals surface area contributed by atoms with Gasteiger partial charge in [-0.2, -0.15) is 9.61 Å². The molecule has 1 atom stereocenters. The van der Waals surface area contributed by atoms with Gasteiger partial charge in [0.15, 0.2) is 11.8 Å². The minimum Gasteiger partial charge on any atom is -0.479 e. The van der Waals surface area contributed by atoms with Crippen LogP contribution in [0, 0.1) is 12.7 Å². The second-order valence-corrected chi connectivity index (χ2v) is 12.2. The number of hydrogen-bond acceptors (Lipinski definition) is 7. The van der Waals surface area contributed by atoms with Crippen LogP contribution in [0.3, 0.4) is 0 Å². The summed E-state index contributed by atoms with van der Waals surface area (Å²) in [5.74, 6) is -0.754. The maximum absolute atomic E-state index is 13.8. The average molecular weight is 595 g/mol. The van der Waals surface area contributed by atoms with Gasteiger partial charge in [-0.05, 0) is 77.1 Å². The van der Waals surface area contributed by atoms with E-state index in [0.717, 1.165) is 24.0 Å². The number of nitrogens with zero attached hydrogens (tertiary/aromatic N) is 4. The number of rotatable bonds is 13. The van der Waals surface area contributed by atoms with Gasteiger partial charge in [-0.1, -0.05) is 18.2 Å². The van der Waals surface area contributed by atoms with Crippen LogP contribution in [-0.2, 0) is 38.6 Å². The summed E-state index contributed by atoms with van der Waals surface area (Å²) in [4.78, 5) is 19.5. The molecule has 0 bridgehead atoms. The van der Waals surface area contributed by atoms with Gasteiger partial charge in [0.1, 0.15) is 11.6 Å². The topological polar surface area (TPSA) is 98.4 Å². The number of benzene rings is 1. The van der Waals surface area contributed by atoms with Gasteiger partial charge in [0.05, 0.1) is 42.3 Å². The van der Waals surface area contributed by atoms with E-state index in [1.54, 1.807) is 29.7 Å². The summed E-state index contributed by atoms with van der Waals surface area (Å²) < 4.78 is 33.7. The van der Waals surface area contributed by atoms with Gasteiger partial charge >= 0.3 is 5.97 Å². The number of anilines is 1. The Hall–Kier alpha value is -3.60. The lowest BCUT2D eigenvalue weighted by Crippen LogP contribution is -2.45. The highest BCUT2D eigenvalue weighted by Gasteiger charge is 2.37. The number of carboxylic acid groups (broad SMARTS) is 1. The molecule has 0 saturated carbocycles. The van der Waals surface area contributed by atoms with Crippen LogP contribution in [0.1, 0.15) is 74.7 Å². The lowest BCUT2D eigenvalue weighted by molar-refractivity contribution is -0.160. The van der Waals surface area contributed by atoms with E-state index in [4.69, 9.17) is 24.3 Å². The highest BCUT2D eigenvalue weighted by Crippen LogP contribution is 2.37.